The van der Waals surface area contributed by atoms with E-state index in [1.165, 1.54) is 0 Å². The lowest BCUT2D eigenvalue weighted by molar-refractivity contribution is 0.0958. The number of imidazole rings is 1. The lowest BCUT2D eigenvalue weighted by Gasteiger charge is -2.34. The number of nitrogens with one attached hydrogen (secondary N) is 1. The summed E-state index contributed by atoms with van der Waals surface area (Å²) in [6.07, 6.45) is 0.714. The fourth-order valence-electron chi connectivity index (χ4n) is 7.53. The molecule has 0 unspecified atom stereocenters. The van der Waals surface area contributed by atoms with E-state index in [4.69, 9.17) is 24.8 Å². The standard InChI is InChI=1S/C45H35BrN8O2/c1-3-39-48-36-24-25-37(44(55)47-2)49-43(36)53(39)28-29-23-26-38-35(27-29)40(46)41(56-38)33-21-13-14-22-34(33)42-50-52-54(51-42)45(30-15-7-4-8-16-30,31-17-9-5-10-18-31)32-19-11-6-12-20-32/h4-27H,3,28H2,1-2H3,(H,47,55). The van der Waals surface area contributed by atoms with E-state index in [0.29, 0.717) is 35.9 Å². The Bertz CT molecular complexity index is 2750. The molecule has 274 valence electrons. The molecule has 0 atom stereocenters. The molecular formula is C45H35BrN8O2. The van der Waals surface area contributed by atoms with Gasteiger partial charge in [-0.25, -0.2) is 9.97 Å². The fourth-order valence-corrected chi connectivity index (χ4v) is 8.14. The van der Waals surface area contributed by atoms with Crippen LogP contribution in [0.15, 0.2) is 154 Å². The van der Waals surface area contributed by atoms with Gasteiger partial charge in [0, 0.05) is 30.0 Å². The molecule has 11 heteroatoms. The highest BCUT2D eigenvalue weighted by Gasteiger charge is 2.41. The Hall–Kier alpha value is -6.72. The first-order chi connectivity index (χ1) is 27.5. The molecule has 56 heavy (non-hydrogen) atoms. The average molecular weight is 800 g/mol. The number of furan rings is 1. The maximum absolute atomic E-state index is 12.4. The minimum absolute atomic E-state index is 0.241. The number of fused-ring (bicyclic) bond motifs is 2. The van der Waals surface area contributed by atoms with Gasteiger partial charge in [0.05, 0.1) is 11.0 Å². The quantitative estimate of drug-likeness (QED) is 0.137. The Morgan fingerprint density at radius 1 is 0.768 bits per heavy atom. The van der Waals surface area contributed by atoms with Crippen LogP contribution in [0.2, 0.25) is 0 Å². The number of aromatic nitrogens is 7. The van der Waals surface area contributed by atoms with Crippen LogP contribution < -0.4 is 5.32 Å². The van der Waals surface area contributed by atoms with Gasteiger partial charge >= 0.3 is 0 Å². The van der Waals surface area contributed by atoms with Crippen molar-refractivity contribution >= 4 is 44.0 Å². The van der Waals surface area contributed by atoms with Crippen molar-refractivity contribution in [1.82, 2.24) is 40.1 Å². The van der Waals surface area contributed by atoms with Crippen molar-refractivity contribution < 1.29 is 9.21 Å². The van der Waals surface area contributed by atoms with Gasteiger partial charge in [-0.2, -0.15) is 0 Å². The highest BCUT2D eigenvalue weighted by atomic mass is 79.9. The maximum Gasteiger partial charge on any atom is 0.269 e. The predicted molar refractivity (Wildman–Crippen MR) is 220 cm³/mol. The van der Waals surface area contributed by atoms with Crippen LogP contribution in [-0.2, 0) is 18.5 Å². The number of pyridine rings is 1. The zero-order chi connectivity index (χ0) is 38.2. The van der Waals surface area contributed by atoms with Gasteiger partial charge in [0.2, 0.25) is 5.82 Å². The van der Waals surface area contributed by atoms with E-state index in [0.717, 1.165) is 60.2 Å². The van der Waals surface area contributed by atoms with Gasteiger partial charge in [-0.3, -0.25) is 4.79 Å². The molecular weight excluding hydrogens is 764 g/mol. The van der Waals surface area contributed by atoms with E-state index in [1.54, 1.807) is 17.9 Å². The molecule has 0 radical (unpaired) electrons. The van der Waals surface area contributed by atoms with Gasteiger partial charge < -0.3 is 14.3 Å². The molecule has 9 rings (SSSR count). The highest BCUT2D eigenvalue weighted by molar-refractivity contribution is 9.10. The molecule has 10 nitrogen and oxygen atoms in total. The lowest BCUT2D eigenvalue weighted by atomic mass is 9.77. The maximum atomic E-state index is 12.4. The molecule has 4 aromatic heterocycles. The van der Waals surface area contributed by atoms with Crippen molar-refractivity contribution in [2.75, 3.05) is 7.05 Å². The molecule has 0 aliphatic rings. The molecule has 5 aromatic carbocycles. The second kappa shape index (κ2) is 14.5. The van der Waals surface area contributed by atoms with E-state index in [2.05, 4.69) is 80.2 Å². The Morgan fingerprint density at radius 3 is 2.02 bits per heavy atom. The summed E-state index contributed by atoms with van der Waals surface area (Å²) in [5.74, 6) is 1.76. The molecule has 0 aliphatic carbocycles. The molecule has 1 amide bonds. The normalized spacial score (nSPS) is 11.7. The van der Waals surface area contributed by atoms with Crippen LogP contribution in [-0.4, -0.2) is 47.7 Å². The summed E-state index contributed by atoms with van der Waals surface area (Å²) < 4.78 is 9.47. The van der Waals surface area contributed by atoms with Crippen molar-refractivity contribution in [2.24, 2.45) is 0 Å². The van der Waals surface area contributed by atoms with Crippen LogP contribution in [0.1, 0.15) is 45.5 Å². The number of tetrazole rings is 1. The van der Waals surface area contributed by atoms with E-state index >= 15 is 0 Å². The van der Waals surface area contributed by atoms with Gasteiger partial charge in [-0.1, -0.05) is 128 Å². The van der Waals surface area contributed by atoms with Crippen LogP contribution >= 0.6 is 15.9 Å². The highest BCUT2D eigenvalue weighted by Crippen LogP contribution is 2.43. The van der Waals surface area contributed by atoms with Crippen molar-refractivity contribution in [3.8, 4) is 22.7 Å². The first-order valence-corrected chi connectivity index (χ1v) is 19.1. The van der Waals surface area contributed by atoms with E-state index in [-0.39, 0.29) is 5.91 Å². The van der Waals surface area contributed by atoms with Crippen LogP contribution in [0.5, 0.6) is 0 Å². The van der Waals surface area contributed by atoms with E-state index < -0.39 is 5.54 Å². The molecule has 0 spiro atoms. The molecule has 0 saturated heterocycles. The minimum atomic E-state index is -0.905. The van der Waals surface area contributed by atoms with Crippen LogP contribution in [0.4, 0.5) is 0 Å². The zero-order valence-corrected chi connectivity index (χ0v) is 32.2. The number of nitrogens with zero attached hydrogens (tertiary/aromatic N) is 7. The third kappa shape index (κ3) is 5.88. The summed E-state index contributed by atoms with van der Waals surface area (Å²) in [5, 5.41) is 18.2. The molecule has 0 bridgehead atoms. The summed E-state index contributed by atoms with van der Waals surface area (Å²) in [4.78, 5) is 23.6. The van der Waals surface area contributed by atoms with Gasteiger partial charge in [0.25, 0.3) is 5.91 Å². The van der Waals surface area contributed by atoms with Gasteiger partial charge in [-0.15, -0.1) is 15.0 Å². The van der Waals surface area contributed by atoms with Crippen LogP contribution in [0.3, 0.4) is 0 Å². The fraction of sp³-hybridized carbons (Fsp3) is 0.111. The Balaban J connectivity index is 1.13. The smallest absolute Gasteiger partial charge is 0.269 e. The van der Waals surface area contributed by atoms with Crippen molar-refractivity contribution in [1.29, 1.82) is 0 Å². The third-order valence-corrected chi connectivity index (χ3v) is 11.0. The number of halogens is 1. The molecule has 1 N–H and O–H groups in total. The number of amides is 1. The van der Waals surface area contributed by atoms with E-state index in [9.17, 15) is 4.79 Å². The van der Waals surface area contributed by atoms with Crippen molar-refractivity contribution in [3.05, 3.63) is 184 Å². The summed E-state index contributed by atoms with van der Waals surface area (Å²) in [5.41, 5.74) is 7.22. The zero-order valence-electron chi connectivity index (χ0n) is 30.6. The van der Waals surface area contributed by atoms with Gasteiger partial charge in [0.1, 0.15) is 28.4 Å². The molecule has 9 aromatic rings. The molecule has 0 aliphatic heterocycles. The summed E-state index contributed by atoms with van der Waals surface area (Å²) in [6.45, 7) is 2.58. The Kier molecular flexibility index (Phi) is 9.06. The SMILES string of the molecule is CCc1nc2ccc(C(=O)NC)nc2n1Cc1ccc2oc(-c3ccccc3-c3nnn(C(c4ccccc4)(c4ccccc4)c4ccccc4)n3)c(Br)c2c1. The monoisotopic (exact) mass is 798 g/mol. The topological polar surface area (TPSA) is 117 Å². The van der Waals surface area contributed by atoms with Crippen molar-refractivity contribution in [2.45, 2.75) is 25.4 Å². The molecule has 4 heterocycles. The number of rotatable bonds is 10. The number of carbonyl (C=O) groups is 1. The van der Waals surface area contributed by atoms with Crippen molar-refractivity contribution in [3.63, 3.8) is 0 Å². The van der Waals surface area contributed by atoms with Gasteiger partial charge in [-0.05, 0) is 67.7 Å². The molecule has 0 saturated carbocycles. The second-order valence-electron chi connectivity index (χ2n) is 13.4. The first kappa shape index (κ1) is 35.0. The van der Waals surface area contributed by atoms with Crippen LogP contribution in [0.25, 0.3) is 44.8 Å². The summed E-state index contributed by atoms with van der Waals surface area (Å²) >= 11 is 3.91. The second-order valence-corrected chi connectivity index (χ2v) is 14.2. The van der Waals surface area contributed by atoms with Crippen LogP contribution in [0, 0.1) is 0 Å². The number of hydrogen-bond donors (Lipinski definition) is 1. The number of aryl methyl sites for hydroxylation is 1. The largest absolute Gasteiger partial charge is 0.455 e. The lowest BCUT2D eigenvalue weighted by Crippen LogP contribution is -2.39. The average Bonchev–Trinajstić information content (AvgIpc) is 3.98. The first-order valence-electron chi connectivity index (χ1n) is 18.4. The summed E-state index contributed by atoms with van der Waals surface area (Å²) in [6, 6.07) is 48.5. The molecule has 0 fully saturated rings. The number of hydrogen-bond acceptors (Lipinski definition) is 7. The minimum Gasteiger partial charge on any atom is -0.455 e. The summed E-state index contributed by atoms with van der Waals surface area (Å²) in [7, 11) is 1.60. The Morgan fingerprint density at radius 2 is 1.39 bits per heavy atom. The third-order valence-electron chi connectivity index (χ3n) is 10.2. The van der Waals surface area contributed by atoms with E-state index in [1.807, 2.05) is 97.1 Å². The Labute approximate surface area is 331 Å². The number of benzene rings is 5. The number of carbonyl (C=O) groups excluding carboxylic acids is 1. The predicted octanol–water partition coefficient (Wildman–Crippen LogP) is 9.07. The van der Waals surface area contributed by atoms with Gasteiger partial charge in [0.15, 0.2) is 11.2 Å².